The van der Waals surface area contributed by atoms with Crippen molar-refractivity contribution in [3.05, 3.63) is 33.9 Å². The van der Waals surface area contributed by atoms with Crippen LogP contribution in [-0.4, -0.2) is 22.7 Å². The zero-order chi connectivity index (χ0) is 16.3. The van der Waals surface area contributed by atoms with Gasteiger partial charge in [-0.15, -0.1) is 0 Å². The summed E-state index contributed by atoms with van der Waals surface area (Å²) >= 11 is -0.322. The van der Waals surface area contributed by atoms with Crippen LogP contribution in [0.2, 0.25) is 0 Å². The Morgan fingerprint density at radius 3 is 2.29 bits per heavy atom. The molecule has 0 amide bonds. The first-order valence-corrected chi connectivity index (χ1v) is 6.29. The number of rotatable bonds is 5. The predicted molar refractivity (Wildman–Crippen MR) is 65.1 cm³/mol. The summed E-state index contributed by atoms with van der Waals surface area (Å²) in [4.78, 5) is 9.33. The van der Waals surface area contributed by atoms with Crippen molar-refractivity contribution in [3.63, 3.8) is 0 Å². The Hall–Kier alpha value is -1.65. The highest BCUT2D eigenvalue weighted by atomic mass is 32.2. The highest BCUT2D eigenvalue weighted by Gasteiger charge is 2.38. The van der Waals surface area contributed by atoms with Crippen molar-refractivity contribution in [1.29, 1.82) is 0 Å². The molecule has 0 spiro atoms. The second kappa shape index (κ2) is 6.41. The van der Waals surface area contributed by atoms with Crippen LogP contribution >= 0.6 is 11.8 Å². The van der Waals surface area contributed by atoms with E-state index >= 15 is 0 Å². The number of hydrogen-bond donors (Lipinski definition) is 1. The third-order valence-electron chi connectivity index (χ3n) is 2.20. The van der Waals surface area contributed by atoms with Crippen LogP contribution in [0.3, 0.4) is 0 Å². The number of nitrogens with zero attached hydrogens (tertiary/aromatic N) is 1. The van der Waals surface area contributed by atoms with Crippen LogP contribution in [0, 0.1) is 10.1 Å². The molecule has 0 atom stereocenters. The molecule has 0 aliphatic heterocycles. The standard InChI is InChI=1S/C10H8F6N2O2S/c11-9(12,13)7-5-6(1-2-8(7)18(19)20)17-3-4-21-10(14,15)16/h1-2,5,17H,3-4H2. The SMILES string of the molecule is O=[N+]([O-])c1ccc(NCCSC(F)(F)F)cc1C(F)(F)F. The normalized spacial score (nSPS) is 12.3. The van der Waals surface area contributed by atoms with E-state index in [-0.39, 0.29) is 24.0 Å². The maximum absolute atomic E-state index is 12.6. The van der Waals surface area contributed by atoms with Gasteiger partial charge in [0.05, 0.1) is 4.92 Å². The molecule has 4 nitrogen and oxygen atoms in total. The number of thioether (sulfide) groups is 1. The maximum atomic E-state index is 12.6. The number of benzene rings is 1. The molecule has 0 unspecified atom stereocenters. The predicted octanol–water partition coefficient (Wildman–Crippen LogP) is 4.28. The molecule has 0 aliphatic carbocycles. The topological polar surface area (TPSA) is 55.2 Å². The molecule has 0 saturated heterocycles. The third-order valence-corrected chi connectivity index (χ3v) is 2.93. The lowest BCUT2D eigenvalue weighted by molar-refractivity contribution is -0.388. The molecule has 0 aliphatic rings. The van der Waals surface area contributed by atoms with Gasteiger partial charge in [-0.05, 0) is 23.9 Å². The number of nitro groups is 1. The van der Waals surface area contributed by atoms with Gasteiger partial charge in [0.25, 0.3) is 5.69 Å². The van der Waals surface area contributed by atoms with Crippen LogP contribution in [0.5, 0.6) is 0 Å². The Morgan fingerprint density at radius 1 is 1.19 bits per heavy atom. The fourth-order valence-electron chi connectivity index (χ4n) is 1.39. The molecule has 0 aromatic heterocycles. The van der Waals surface area contributed by atoms with Crippen LogP contribution in [-0.2, 0) is 6.18 Å². The monoisotopic (exact) mass is 334 g/mol. The van der Waals surface area contributed by atoms with E-state index in [9.17, 15) is 36.5 Å². The molecule has 118 valence electrons. The minimum atomic E-state index is -4.93. The second-order valence-electron chi connectivity index (χ2n) is 3.71. The molecule has 1 N–H and O–H groups in total. The summed E-state index contributed by atoms with van der Waals surface area (Å²) in [5, 5.41) is 12.9. The Balaban J connectivity index is 2.80. The van der Waals surface area contributed by atoms with E-state index in [1.54, 1.807) is 0 Å². The van der Waals surface area contributed by atoms with Gasteiger partial charge in [0.1, 0.15) is 5.56 Å². The zero-order valence-corrected chi connectivity index (χ0v) is 10.9. The van der Waals surface area contributed by atoms with Crippen LogP contribution in [0.15, 0.2) is 18.2 Å². The second-order valence-corrected chi connectivity index (χ2v) is 4.87. The molecule has 0 bridgehead atoms. The van der Waals surface area contributed by atoms with E-state index in [0.29, 0.717) is 12.1 Å². The molecular weight excluding hydrogens is 326 g/mol. The van der Waals surface area contributed by atoms with Gasteiger partial charge in [0.15, 0.2) is 0 Å². The molecule has 0 saturated carbocycles. The van der Waals surface area contributed by atoms with Crippen LogP contribution in [0.4, 0.5) is 37.7 Å². The Morgan fingerprint density at radius 2 is 1.81 bits per heavy atom. The van der Waals surface area contributed by atoms with E-state index in [1.165, 1.54) is 0 Å². The van der Waals surface area contributed by atoms with Gasteiger partial charge in [-0.25, -0.2) is 0 Å². The van der Waals surface area contributed by atoms with Gasteiger partial charge in [0, 0.05) is 24.1 Å². The Kier molecular flexibility index (Phi) is 5.31. The van der Waals surface area contributed by atoms with Crippen LogP contribution in [0.1, 0.15) is 5.56 Å². The van der Waals surface area contributed by atoms with E-state index in [4.69, 9.17) is 0 Å². The summed E-state index contributed by atoms with van der Waals surface area (Å²) in [6, 6.07) is 2.16. The molecule has 21 heavy (non-hydrogen) atoms. The quantitative estimate of drug-likeness (QED) is 0.378. The van der Waals surface area contributed by atoms with Crippen molar-refractivity contribution in [2.75, 3.05) is 17.6 Å². The Labute approximate surface area is 118 Å². The number of halogens is 6. The molecule has 1 aromatic rings. The molecule has 1 rings (SSSR count). The van der Waals surface area contributed by atoms with Gasteiger partial charge in [-0.3, -0.25) is 10.1 Å². The summed E-state index contributed by atoms with van der Waals surface area (Å²) in [6.45, 7) is -0.237. The molecular formula is C10H8F6N2O2S. The first kappa shape index (κ1) is 17.4. The van der Waals surface area contributed by atoms with Crippen molar-refractivity contribution in [2.45, 2.75) is 11.7 Å². The fourth-order valence-corrected chi connectivity index (χ4v) is 1.83. The summed E-state index contributed by atoms with van der Waals surface area (Å²) in [5.41, 5.74) is -7.14. The van der Waals surface area contributed by atoms with Gasteiger partial charge in [0.2, 0.25) is 0 Å². The van der Waals surface area contributed by atoms with E-state index in [2.05, 4.69) is 5.32 Å². The highest BCUT2D eigenvalue weighted by Crippen LogP contribution is 2.37. The molecule has 11 heteroatoms. The lowest BCUT2D eigenvalue weighted by Crippen LogP contribution is -2.12. The minimum absolute atomic E-state index is 0.143. The maximum Gasteiger partial charge on any atom is 0.441 e. The van der Waals surface area contributed by atoms with Crippen LogP contribution < -0.4 is 5.32 Å². The van der Waals surface area contributed by atoms with E-state index in [0.717, 1.165) is 6.07 Å². The van der Waals surface area contributed by atoms with Gasteiger partial charge in [-0.2, -0.15) is 26.3 Å². The number of nitro benzene ring substituents is 1. The van der Waals surface area contributed by atoms with Gasteiger partial charge < -0.3 is 5.32 Å². The lowest BCUT2D eigenvalue weighted by Gasteiger charge is -2.11. The minimum Gasteiger partial charge on any atom is -0.384 e. The summed E-state index contributed by atoms with van der Waals surface area (Å²) in [6.07, 6.45) is -4.93. The first-order valence-electron chi connectivity index (χ1n) is 5.31. The summed E-state index contributed by atoms with van der Waals surface area (Å²) in [7, 11) is 0. The van der Waals surface area contributed by atoms with E-state index < -0.39 is 33.6 Å². The third kappa shape index (κ3) is 5.69. The smallest absolute Gasteiger partial charge is 0.384 e. The lowest BCUT2D eigenvalue weighted by atomic mass is 10.1. The van der Waals surface area contributed by atoms with Crippen molar-refractivity contribution in [3.8, 4) is 0 Å². The van der Waals surface area contributed by atoms with Gasteiger partial charge >= 0.3 is 11.7 Å². The van der Waals surface area contributed by atoms with Crippen molar-refractivity contribution < 1.29 is 31.3 Å². The Bertz CT molecular complexity index is 517. The first-order chi connectivity index (χ1) is 9.50. The average Bonchev–Trinajstić information content (AvgIpc) is 2.32. The summed E-state index contributed by atoms with van der Waals surface area (Å²) < 4.78 is 73.5. The molecule has 0 fully saturated rings. The average molecular weight is 334 g/mol. The fraction of sp³-hybridized carbons (Fsp3) is 0.400. The van der Waals surface area contributed by atoms with Crippen molar-refractivity contribution in [1.82, 2.24) is 0 Å². The van der Waals surface area contributed by atoms with Crippen LogP contribution in [0.25, 0.3) is 0 Å². The molecule has 0 heterocycles. The van der Waals surface area contributed by atoms with Gasteiger partial charge in [-0.1, -0.05) is 0 Å². The number of anilines is 1. The summed E-state index contributed by atoms with van der Waals surface area (Å²) in [5.74, 6) is -0.401. The van der Waals surface area contributed by atoms with Crippen molar-refractivity contribution in [2.24, 2.45) is 0 Å². The number of alkyl halides is 6. The highest BCUT2D eigenvalue weighted by molar-refractivity contribution is 8.00. The largest absolute Gasteiger partial charge is 0.441 e. The molecule has 0 radical (unpaired) electrons. The zero-order valence-electron chi connectivity index (χ0n) is 10.1. The number of hydrogen-bond acceptors (Lipinski definition) is 4. The van der Waals surface area contributed by atoms with Crippen molar-refractivity contribution >= 4 is 23.1 Å². The van der Waals surface area contributed by atoms with E-state index in [1.807, 2.05) is 0 Å². The number of nitrogens with one attached hydrogen (secondary N) is 1. The molecule has 1 aromatic carbocycles.